The van der Waals surface area contributed by atoms with Crippen molar-refractivity contribution >= 4 is 5.97 Å². The minimum atomic E-state index is -0.695. The molecule has 2 fully saturated rings. The van der Waals surface area contributed by atoms with Gasteiger partial charge in [-0.3, -0.25) is 0 Å². The van der Waals surface area contributed by atoms with Crippen molar-refractivity contribution in [3.63, 3.8) is 0 Å². The van der Waals surface area contributed by atoms with Crippen molar-refractivity contribution in [2.24, 2.45) is 28.6 Å². The van der Waals surface area contributed by atoms with Gasteiger partial charge in [-0.2, -0.15) is 0 Å². The number of hydrogen-bond acceptors (Lipinski definition) is 1. The molecule has 0 aliphatic heterocycles. The predicted molar refractivity (Wildman–Crippen MR) is 85.0 cm³/mol. The summed E-state index contributed by atoms with van der Waals surface area (Å²) in [7, 11) is 0. The lowest BCUT2D eigenvalue weighted by Crippen LogP contribution is -2.51. The average molecular weight is 290 g/mol. The van der Waals surface area contributed by atoms with Crippen LogP contribution in [0, 0.1) is 28.6 Å². The molecule has 3 rings (SSSR count). The third-order valence-electron chi connectivity index (χ3n) is 7.20. The number of rotatable bonds is 1. The van der Waals surface area contributed by atoms with Crippen LogP contribution < -0.4 is 0 Å². The summed E-state index contributed by atoms with van der Waals surface area (Å²) in [6.45, 7) is 7.45. The number of fused-ring (bicyclic) bond motifs is 3. The van der Waals surface area contributed by atoms with E-state index in [1.165, 1.54) is 32.1 Å². The highest BCUT2D eigenvalue weighted by Crippen LogP contribution is 2.63. The highest BCUT2D eigenvalue weighted by atomic mass is 16.4. The molecule has 2 heteroatoms. The molecular formula is C19H30O2. The summed E-state index contributed by atoms with van der Waals surface area (Å²) in [6, 6.07) is 0. The van der Waals surface area contributed by atoms with Crippen LogP contribution in [0.25, 0.3) is 0 Å². The molecule has 0 amide bonds. The molecule has 3 aliphatic rings. The van der Waals surface area contributed by atoms with Crippen LogP contribution >= 0.6 is 0 Å². The molecule has 0 aromatic heterocycles. The molecule has 21 heavy (non-hydrogen) atoms. The van der Waals surface area contributed by atoms with Gasteiger partial charge in [-0.1, -0.05) is 33.3 Å². The number of hydrogen-bond donors (Lipinski definition) is 1. The number of allylic oxidation sites excluding steroid dienone is 1. The van der Waals surface area contributed by atoms with Crippen LogP contribution in [0.2, 0.25) is 0 Å². The Morgan fingerprint density at radius 3 is 2.67 bits per heavy atom. The Kier molecular flexibility index (Phi) is 3.70. The smallest absolute Gasteiger partial charge is 0.331 e. The zero-order valence-corrected chi connectivity index (χ0v) is 13.8. The molecule has 118 valence electrons. The van der Waals surface area contributed by atoms with E-state index in [4.69, 9.17) is 0 Å². The fourth-order valence-corrected chi connectivity index (χ4v) is 6.16. The minimum Gasteiger partial charge on any atom is -0.478 e. The molecule has 3 unspecified atom stereocenters. The molecule has 4 atom stereocenters. The molecule has 0 aromatic rings. The van der Waals surface area contributed by atoms with E-state index >= 15 is 0 Å². The fourth-order valence-electron chi connectivity index (χ4n) is 6.16. The maximum Gasteiger partial charge on any atom is 0.331 e. The Morgan fingerprint density at radius 2 is 1.95 bits per heavy atom. The molecular weight excluding hydrogens is 260 g/mol. The normalized spacial score (nSPS) is 42.2. The first-order chi connectivity index (χ1) is 9.84. The molecule has 0 radical (unpaired) electrons. The van der Waals surface area contributed by atoms with Gasteiger partial charge in [0.25, 0.3) is 0 Å². The quantitative estimate of drug-likeness (QED) is 0.734. The summed E-state index contributed by atoms with van der Waals surface area (Å²) >= 11 is 0. The number of carboxylic acids is 1. The largest absolute Gasteiger partial charge is 0.478 e. The molecule has 0 heterocycles. The van der Waals surface area contributed by atoms with Crippen LogP contribution in [-0.4, -0.2) is 11.1 Å². The van der Waals surface area contributed by atoms with Gasteiger partial charge < -0.3 is 5.11 Å². The van der Waals surface area contributed by atoms with Gasteiger partial charge in [-0.05, 0) is 73.5 Å². The van der Waals surface area contributed by atoms with Gasteiger partial charge in [-0.25, -0.2) is 4.79 Å². The van der Waals surface area contributed by atoms with Gasteiger partial charge in [0.2, 0.25) is 0 Å². The third-order valence-corrected chi connectivity index (χ3v) is 7.20. The van der Waals surface area contributed by atoms with E-state index in [0.717, 1.165) is 31.1 Å². The SMILES string of the molecule is CC1(C)CCCC2(C)C3CC=C(C(=O)O)CC[C@@H]3CCC12. The number of aliphatic carboxylic acids is 1. The average Bonchev–Trinajstić information content (AvgIpc) is 2.61. The highest BCUT2D eigenvalue weighted by molar-refractivity contribution is 5.86. The second kappa shape index (κ2) is 5.14. The number of carboxylic acid groups (broad SMARTS) is 1. The topological polar surface area (TPSA) is 37.3 Å². The van der Waals surface area contributed by atoms with Crippen LogP contribution in [0.15, 0.2) is 11.6 Å². The Bertz CT molecular complexity index is 462. The van der Waals surface area contributed by atoms with Gasteiger partial charge in [-0.15, -0.1) is 0 Å². The first kappa shape index (κ1) is 15.1. The second-order valence-electron chi connectivity index (χ2n) is 8.65. The number of carbonyl (C=O) groups is 1. The summed E-state index contributed by atoms with van der Waals surface area (Å²) in [5.41, 5.74) is 1.55. The molecule has 0 spiro atoms. The van der Waals surface area contributed by atoms with Crippen molar-refractivity contribution in [1.82, 2.24) is 0 Å². The van der Waals surface area contributed by atoms with Crippen molar-refractivity contribution in [3.8, 4) is 0 Å². The second-order valence-corrected chi connectivity index (χ2v) is 8.65. The van der Waals surface area contributed by atoms with Crippen molar-refractivity contribution in [2.45, 2.75) is 72.1 Å². The molecule has 0 aromatic carbocycles. The Hall–Kier alpha value is -0.790. The summed E-state index contributed by atoms with van der Waals surface area (Å²) in [4.78, 5) is 11.3. The Labute approximate surface area is 129 Å². The standard InChI is InChI=1S/C19H30O2/c1-18(2)11-4-12-19(3)15-9-7-14(17(20)21)6-5-13(15)8-10-16(18)19/h7,13,15-16H,4-6,8-12H2,1-3H3,(H,20,21)/t13-,15?,16?,19?/m1/s1. The molecule has 0 saturated heterocycles. The van der Waals surface area contributed by atoms with E-state index in [0.29, 0.717) is 22.3 Å². The third kappa shape index (κ3) is 2.45. The van der Waals surface area contributed by atoms with Gasteiger partial charge >= 0.3 is 5.97 Å². The van der Waals surface area contributed by atoms with E-state index in [-0.39, 0.29) is 0 Å². The molecule has 0 bridgehead atoms. The maximum atomic E-state index is 11.3. The predicted octanol–water partition coefficient (Wildman–Crippen LogP) is 5.04. The van der Waals surface area contributed by atoms with Crippen LogP contribution in [0.1, 0.15) is 72.1 Å². The Morgan fingerprint density at radius 1 is 1.19 bits per heavy atom. The lowest BCUT2D eigenvalue weighted by Gasteiger charge is -2.59. The summed E-state index contributed by atoms with van der Waals surface area (Å²) in [5.74, 6) is 1.57. The fraction of sp³-hybridized carbons (Fsp3) is 0.842. The first-order valence-corrected chi connectivity index (χ1v) is 8.77. The van der Waals surface area contributed by atoms with Crippen LogP contribution in [-0.2, 0) is 4.79 Å². The molecule has 1 N–H and O–H groups in total. The monoisotopic (exact) mass is 290 g/mol. The van der Waals surface area contributed by atoms with Crippen LogP contribution in [0.3, 0.4) is 0 Å². The van der Waals surface area contributed by atoms with E-state index in [1.54, 1.807) is 0 Å². The van der Waals surface area contributed by atoms with E-state index in [9.17, 15) is 9.90 Å². The highest BCUT2D eigenvalue weighted by Gasteiger charge is 2.54. The first-order valence-electron chi connectivity index (χ1n) is 8.77. The van der Waals surface area contributed by atoms with Gasteiger partial charge in [0.1, 0.15) is 0 Å². The van der Waals surface area contributed by atoms with Gasteiger partial charge in [0, 0.05) is 5.57 Å². The van der Waals surface area contributed by atoms with E-state index in [2.05, 4.69) is 26.8 Å². The zero-order valence-electron chi connectivity index (χ0n) is 13.8. The van der Waals surface area contributed by atoms with E-state index in [1.807, 2.05) is 0 Å². The van der Waals surface area contributed by atoms with Crippen molar-refractivity contribution in [2.75, 3.05) is 0 Å². The lowest BCUT2D eigenvalue weighted by molar-refractivity contribution is -0.132. The minimum absolute atomic E-state index is 0.426. The molecule has 3 aliphatic carbocycles. The van der Waals surface area contributed by atoms with Crippen LogP contribution in [0.4, 0.5) is 0 Å². The Balaban J connectivity index is 1.90. The van der Waals surface area contributed by atoms with Gasteiger partial charge in [0.15, 0.2) is 0 Å². The molecule has 2 nitrogen and oxygen atoms in total. The van der Waals surface area contributed by atoms with Crippen molar-refractivity contribution < 1.29 is 9.90 Å². The van der Waals surface area contributed by atoms with E-state index < -0.39 is 5.97 Å². The summed E-state index contributed by atoms with van der Waals surface area (Å²) < 4.78 is 0. The van der Waals surface area contributed by atoms with Crippen molar-refractivity contribution in [3.05, 3.63) is 11.6 Å². The van der Waals surface area contributed by atoms with Crippen molar-refractivity contribution in [1.29, 1.82) is 0 Å². The molecule has 2 saturated carbocycles. The van der Waals surface area contributed by atoms with Crippen LogP contribution in [0.5, 0.6) is 0 Å². The maximum absolute atomic E-state index is 11.3. The zero-order chi connectivity index (χ0) is 15.3. The van der Waals surface area contributed by atoms with Gasteiger partial charge in [0.05, 0.1) is 0 Å². The lowest BCUT2D eigenvalue weighted by atomic mass is 9.46. The summed E-state index contributed by atoms with van der Waals surface area (Å²) in [6.07, 6.45) is 11.6. The summed E-state index contributed by atoms with van der Waals surface area (Å²) in [5, 5.41) is 9.31.